The summed E-state index contributed by atoms with van der Waals surface area (Å²) in [5.41, 5.74) is 0. The van der Waals surface area contributed by atoms with Crippen LogP contribution in [0.3, 0.4) is 0 Å². The lowest BCUT2D eigenvalue weighted by Crippen LogP contribution is -2.44. The second-order valence-corrected chi connectivity index (χ2v) is 3.02. The lowest BCUT2D eigenvalue weighted by atomic mass is 10.3. The third-order valence-corrected chi connectivity index (χ3v) is 1.72. The van der Waals surface area contributed by atoms with Crippen molar-refractivity contribution >= 4 is 12.0 Å². The summed E-state index contributed by atoms with van der Waals surface area (Å²) in [6.07, 6.45) is 1.48. The molecule has 3 N–H and O–H groups in total. The second-order valence-electron chi connectivity index (χ2n) is 3.02. The van der Waals surface area contributed by atoms with Crippen molar-refractivity contribution in [2.24, 2.45) is 0 Å². The molecule has 0 aromatic heterocycles. The number of urea groups is 1. The molecule has 0 saturated carbocycles. The first-order chi connectivity index (χ1) is 7.52. The highest BCUT2D eigenvalue weighted by molar-refractivity contribution is 5.77. The molecular weight excluding hydrogens is 212 g/mol. The lowest BCUT2D eigenvalue weighted by Gasteiger charge is -2.20. The fraction of sp³-hybridized carbons (Fsp3) is 0.400. The van der Waals surface area contributed by atoms with Crippen molar-refractivity contribution in [3.05, 3.63) is 25.3 Å². The number of hydrogen-bond acceptors (Lipinski definition) is 3. The molecule has 2 amide bonds. The Balaban J connectivity index is 4.14. The quantitative estimate of drug-likeness (QED) is 0.527. The standard InChI is InChI=1S/C10H16N2O4/c1-3-5-12(6-4-2)10(16)11-7-8(13)9(14)15/h3-4,8,13H,1-2,5-7H2,(H,11,16)(H,14,15)/t8-/m0/s1. The van der Waals surface area contributed by atoms with Crippen molar-refractivity contribution in [2.75, 3.05) is 19.6 Å². The molecule has 0 aliphatic heterocycles. The van der Waals surface area contributed by atoms with E-state index in [1.807, 2.05) is 0 Å². The summed E-state index contributed by atoms with van der Waals surface area (Å²) in [7, 11) is 0. The Morgan fingerprint density at radius 2 is 1.81 bits per heavy atom. The van der Waals surface area contributed by atoms with Crippen molar-refractivity contribution in [2.45, 2.75) is 6.10 Å². The van der Waals surface area contributed by atoms with Crippen LogP contribution in [-0.2, 0) is 4.79 Å². The van der Waals surface area contributed by atoms with E-state index in [0.29, 0.717) is 13.1 Å². The minimum atomic E-state index is -1.60. The molecule has 0 saturated heterocycles. The van der Waals surface area contributed by atoms with E-state index < -0.39 is 18.1 Å². The molecule has 0 rings (SSSR count). The molecule has 0 bridgehead atoms. The molecule has 90 valence electrons. The number of carbonyl (C=O) groups is 2. The average Bonchev–Trinajstić information content (AvgIpc) is 2.24. The van der Waals surface area contributed by atoms with Crippen LogP contribution in [-0.4, -0.2) is 52.9 Å². The Labute approximate surface area is 93.9 Å². The number of amides is 2. The fourth-order valence-corrected chi connectivity index (χ4v) is 0.935. The van der Waals surface area contributed by atoms with E-state index in [1.54, 1.807) is 0 Å². The van der Waals surface area contributed by atoms with Crippen LogP contribution < -0.4 is 5.32 Å². The Morgan fingerprint density at radius 1 is 1.31 bits per heavy atom. The Kier molecular flexibility index (Phi) is 6.62. The van der Waals surface area contributed by atoms with Gasteiger partial charge in [0.1, 0.15) is 0 Å². The zero-order chi connectivity index (χ0) is 12.6. The number of rotatable bonds is 7. The third-order valence-electron chi connectivity index (χ3n) is 1.72. The number of aliphatic carboxylic acids is 1. The maximum absolute atomic E-state index is 11.5. The number of carboxylic acid groups (broad SMARTS) is 1. The van der Waals surface area contributed by atoms with Gasteiger partial charge in [-0.2, -0.15) is 0 Å². The molecule has 0 spiro atoms. The fourth-order valence-electron chi connectivity index (χ4n) is 0.935. The maximum atomic E-state index is 11.5. The van der Waals surface area contributed by atoms with Crippen LogP contribution in [0.25, 0.3) is 0 Å². The first-order valence-corrected chi connectivity index (χ1v) is 4.68. The Morgan fingerprint density at radius 3 is 2.19 bits per heavy atom. The molecular formula is C10H16N2O4. The Hall–Kier alpha value is -1.82. The lowest BCUT2D eigenvalue weighted by molar-refractivity contribution is -0.146. The molecule has 0 fully saturated rings. The van der Waals surface area contributed by atoms with E-state index in [2.05, 4.69) is 18.5 Å². The van der Waals surface area contributed by atoms with E-state index in [1.165, 1.54) is 17.1 Å². The first-order valence-electron chi connectivity index (χ1n) is 4.68. The molecule has 0 aliphatic carbocycles. The summed E-state index contributed by atoms with van der Waals surface area (Å²) >= 11 is 0. The van der Waals surface area contributed by atoms with Crippen LogP contribution in [0, 0.1) is 0 Å². The summed E-state index contributed by atoms with van der Waals surface area (Å²) in [6, 6.07) is -0.472. The van der Waals surface area contributed by atoms with Gasteiger partial charge >= 0.3 is 12.0 Å². The minimum absolute atomic E-state index is 0.320. The molecule has 0 radical (unpaired) electrons. The van der Waals surface area contributed by atoms with Crippen LogP contribution >= 0.6 is 0 Å². The number of carbonyl (C=O) groups excluding carboxylic acids is 1. The van der Waals surface area contributed by atoms with Gasteiger partial charge in [0, 0.05) is 13.1 Å². The number of nitrogens with zero attached hydrogens (tertiary/aromatic N) is 1. The van der Waals surface area contributed by atoms with Gasteiger partial charge in [-0.3, -0.25) is 0 Å². The molecule has 0 unspecified atom stereocenters. The van der Waals surface area contributed by atoms with Crippen LogP contribution in [0.15, 0.2) is 25.3 Å². The van der Waals surface area contributed by atoms with Crippen LogP contribution in [0.2, 0.25) is 0 Å². The van der Waals surface area contributed by atoms with Gasteiger partial charge in [0.15, 0.2) is 6.10 Å². The van der Waals surface area contributed by atoms with Gasteiger partial charge in [-0.25, -0.2) is 9.59 Å². The van der Waals surface area contributed by atoms with E-state index in [0.717, 1.165) is 0 Å². The van der Waals surface area contributed by atoms with Crippen molar-refractivity contribution in [1.82, 2.24) is 10.2 Å². The minimum Gasteiger partial charge on any atom is -0.479 e. The maximum Gasteiger partial charge on any atom is 0.334 e. The van der Waals surface area contributed by atoms with Crippen molar-refractivity contribution < 1.29 is 19.8 Å². The van der Waals surface area contributed by atoms with Gasteiger partial charge in [-0.1, -0.05) is 12.2 Å². The molecule has 0 aromatic rings. The van der Waals surface area contributed by atoms with Gasteiger partial charge in [0.2, 0.25) is 0 Å². The van der Waals surface area contributed by atoms with E-state index in [-0.39, 0.29) is 6.54 Å². The van der Waals surface area contributed by atoms with Gasteiger partial charge < -0.3 is 20.4 Å². The van der Waals surface area contributed by atoms with Crippen molar-refractivity contribution in [1.29, 1.82) is 0 Å². The van der Waals surface area contributed by atoms with Crippen LogP contribution in [0.1, 0.15) is 0 Å². The van der Waals surface area contributed by atoms with Crippen LogP contribution in [0.4, 0.5) is 4.79 Å². The summed E-state index contributed by atoms with van der Waals surface area (Å²) < 4.78 is 0. The van der Waals surface area contributed by atoms with Gasteiger partial charge in [0.05, 0.1) is 6.54 Å². The SMILES string of the molecule is C=CCN(CC=C)C(=O)NC[C@H](O)C(=O)O. The highest BCUT2D eigenvalue weighted by atomic mass is 16.4. The highest BCUT2D eigenvalue weighted by Crippen LogP contribution is 1.91. The van der Waals surface area contributed by atoms with Crippen molar-refractivity contribution in [3.8, 4) is 0 Å². The molecule has 0 heterocycles. The molecule has 1 atom stereocenters. The molecule has 6 nitrogen and oxygen atoms in total. The summed E-state index contributed by atoms with van der Waals surface area (Å²) in [5.74, 6) is -1.38. The molecule has 6 heteroatoms. The highest BCUT2D eigenvalue weighted by Gasteiger charge is 2.16. The monoisotopic (exact) mass is 228 g/mol. The second kappa shape index (κ2) is 7.47. The normalized spacial score (nSPS) is 11.3. The molecule has 16 heavy (non-hydrogen) atoms. The third kappa shape index (κ3) is 5.16. The van der Waals surface area contributed by atoms with E-state index >= 15 is 0 Å². The van der Waals surface area contributed by atoms with E-state index in [9.17, 15) is 9.59 Å². The molecule has 0 aromatic carbocycles. The van der Waals surface area contributed by atoms with Gasteiger partial charge in [-0.15, -0.1) is 13.2 Å². The van der Waals surface area contributed by atoms with Gasteiger partial charge in [0.25, 0.3) is 0 Å². The van der Waals surface area contributed by atoms with Gasteiger partial charge in [-0.05, 0) is 0 Å². The smallest absolute Gasteiger partial charge is 0.334 e. The van der Waals surface area contributed by atoms with E-state index in [4.69, 9.17) is 10.2 Å². The predicted molar refractivity (Wildman–Crippen MR) is 59.0 cm³/mol. The summed E-state index contributed by atoms with van der Waals surface area (Å²) in [4.78, 5) is 23.1. The number of aliphatic hydroxyl groups is 1. The summed E-state index contributed by atoms with van der Waals surface area (Å²) in [6.45, 7) is 7.28. The topological polar surface area (TPSA) is 89.9 Å². The van der Waals surface area contributed by atoms with Crippen LogP contribution in [0.5, 0.6) is 0 Å². The summed E-state index contributed by atoms with van der Waals surface area (Å²) in [5, 5.41) is 19.6. The number of nitrogens with one attached hydrogen (secondary N) is 1. The zero-order valence-electron chi connectivity index (χ0n) is 8.93. The predicted octanol–water partition coefficient (Wildman–Crippen LogP) is -0.185. The molecule has 0 aliphatic rings. The zero-order valence-corrected chi connectivity index (χ0v) is 8.93. The Bertz CT molecular complexity index is 268. The largest absolute Gasteiger partial charge is 0.479 e. The number of aliphatic hydroxyl groups excluding tert-OH is 1. The number of hydrogen-bond donors (Lipinski definition) is 3. The average molecular weight is 228 g/mol. The number of carboxylic acids is 1. The first kappa shape index (κ1) is 14.2. The van der Waals surface area contributed by atoms with Crippen molar-refractivity contribution in [3.63, 3.8) is 0 Å².